The number of hydrogen-bond acceptors (Lipinski definition) is 4. The van der Waals surface area contributed by atoms with E-state index >= 15 is 0 Å². The zero-order valence-electron chi connectivity index (χ0n) is 13.1. The van der Waals surface area contributed by atoms with Gasteiger partial charge in [-0.25, -0.2) is 9.37 Å². The molecule has 1 fully saturated rings. The van der Waals surface area contributed by atoms with Gasteiger partial charge in [-0.2, -0.15) is 0 Å². The molecule has 0 bridgehead atoms. The number of primary amides is 1. The lowest BCUT2D eigenvalue weighted by Gasteiger charge is -2.30. The predicted octanol–water partition coefficient (Wildman–Crippen LogP) is 2.21. The van der Waals surface area contributed by atoms with Crippen LogP contribution < -0.4 is 5.73 Å². The summed E-state index contributed by atoms with van der Waals surface area (Å²) in [6.07, 6.45) is 1.55. The van der Waals surface area contributed by atoms with Crippen LogP contribution >= 0.6 is 11.3 Å². The molecule has 0 aliphatic carbocycles. The molecule has 1 saturated heterocycles. The highest BCUT2D eigenvalue weighted by atomic mass is 32.1. The number of carbonyl (C=O) groups excluding carboxylic acids is 2. The van der Waals surface area contributed by atoms with Crippen LogP contribution in [-0.4, -0.2) is 34.8 Å². The van der Waals surface area contributed by atoms with Crippen molar-refractivity contribution in [2.45, 2.75) is 19.3 Å². The van der Waals surface area contributed by atoms with Crippen LogP contribution in [0.2, 0.25) is 0 Å². The van der Waals surface area contributed by atoms with Crippen molar-refractivity contribution in [1.82, 2.24) is 9.88 Å². The lowest BCUT2D eigenvalue weighted by Crippen LogP contribution is -2.41. The molecular formula is C17H18FN3O2S. The van der Waals surface area contributed by atoms with E-state index in [1.807, 2.05) is 0 Å². The summed E-state index contributed by atoms with van der Waals surface area (Å²) in [5, 5.41) is 2.41. The maximum atomic E-state index is 13.7. The van der Waals surface area contributed by atoms with Crippen molar-refractivity contribution < 1.29 is 14.0 Å². The smallest absolute Gasteiger partial charge is 0.273 e. The summed E-state index contributed by atoms with van der Waals surface area (Å²) in [5.41, 5.74) is 6.25. The lowest BCUT2D eigenvalue weighted by atomic mass is 9.96. The Labute approximate surface area is 143 Å². The van der Waals surface area contributed by atoms with E-state index in [0.29, 0.717) is 48.6 Å². The zero-order valence-corrected chi connectivity index (χ0v) is 13.9. The van der Waals surface area contributed by atoms with Gasteiger partial charge in [-0.1, -0.05) is 18.2 Å². The third kappa shape index (κ3) is 3.62. The molecule has 2 amide bonds. The summed E-state index contributed by atoms with van der Waals surface area (Å²) >= 11 is 1.35. The van der Waals surface area contributed by atoms with E-state index in [1.54, 1.807) is 28.5 Å². The number of hydrogen-bond donors (Lipinski definition) is 1. The predicted molar refractivity (Wildman–Crippen MR) is 89.1 cm³/mol. The molecule has 0 atom stereocenters. The minimum atomic E-state index is -0.303. The van der Waals surface area contributed by atoms with Crippen molar-refractivity contribution in [3.63, 3.8) is 0 Å². The molecular weight excluding hydrogens is 329 g/mol. The Morgan fingerprint density at radius 1 is 1.29 bits per heavy atom. The molecule has 0 unspecified atom stereocenters. The Hall–Kier alpha value is -2.28. The number of rotatable bonds is 4. The largest absolute Gasteiger partial charge is 0.369 e. The van der Waals surface area contributed by atoms with Crippen molar-refractivity contribution in [3.8, 4) is 0 Å². The molecule has 1 aromatic heterocycles. The molecule has 3 rings (SSSR count). The summed E-state index contributed by atoms with van der Waals surface area (Å²) in [6, 6.07) is 6.55. The molecule has 126 valence electrons. The van der Waals surface area contributed by atoms with Gasteiger partial charge in [0.2, 0.25) is 5.91 Å². The van der Waals surface area contributed by atoms with Crippen LogP contribution in [0.15, 0.2) is 29.6 Å². The van der Waals surface area contributed by atoms with E-state index in [-0.39, 0.29) is 23.5 Å². The third-order valence-corrected chi connectivity index (χ3v) is 5.10. The molecule has 7 heteroatoms. The van der Waals surface area contributed by atoms with E-state index in [9.17, 15) is 14.0 Å². The fraction of sp³-hybridized carbons (Fsp3) is 0.353. The Morgan fingerprint density at radius 3 is 2.67 bits per heavy atom. The fourth-order valence-electron chi connectivity index (χ4n) is 2.82. The van der Waals surface area contributed by atoms with Crippen molar-refractivity contribution in [1.29, 1.82) is 0 Å². The highest BCUT2D eigenvalue weighted by Gasteiger charge is 2.27. The minimum Gasteiger partial charge on any atom is -0.369 e. The quantitative estimate of drug-likeness (QED) is 0.921. The number of thiazole rings is 1. The Bertz CT molecular complexity index is 754. The zero-order chi connectivity index (χ0) is 17.1. The number of nitrogens with zero attached hydrogens (tertiary/aromatic N) is 2. The Kier molecular flexibility index (Phi) is 4.89. The summed E-state index contributed by atoms with van der Waals surface area (Å²) in [7, 11) is 0. The van der Waals surface area contributed by atoms with E-state index in [4.69, 9.17) is 5.73 Å². The summed E-state index contributed by atoms with van der Waals surface area (Å²) in [6.45, 7) is 1.01. The summed E-state index contributed by atoms with van der Waals surface area (Å²) in [5.74, 6) is -0.868. The molecule has 5 nitrogen and oxygen atoms in total. The lowest BCUT2D eigenvalue weighted by molar-refractivity contribution is -0.123. The summed E-state index contributed by atoms with van der Waals surface area (Å²) < 4.78 is 13.7. The van der Waals surface area contributed by atoms with Crippen LogP contribution in [0.1, 0.15) is 33.9 Å². The van der Waals surface area contributed by atoms with Gasteiger partial charge in [0, 0.05) is 30.8 Å². The van der Waals surface area contributed by atoms with Crippen molar-refractivity contribution in [2.75, 3.05) is 13.1 Å². The first-order chi connectivity index (χ1) is 11.5. The second kappa shape index (κ2) is 7.09. The molecule has 2 heterocycles. The third-order valence-electron chi connectivity index (χ3n) is 4.25. The molecule has 0 saturated carbocycles. The van der Waals surface area contributed by atoms with Crippen LogP contribution in [0.3, 0.4) is 0 Å². The highest BCUT2D eigenvalue weighted by Crippen LogP contribution is 2.21. The Balaban J connectivity index is 1.64. The first-order valence-electron chi connectivity index (χ1n) is 7.81. The van der Waals surface area contributed by atoms with Crippen molar-refractivity contribution in [3.05, 3.63) is 51.7 Å². The number of nitrogens with two attached hydrogens (primary N) is 1. The molecule has 1 aliphatic rings. The van der Waals surface area contributed by atoms with E-state index < -0.39 is 0 Å². The molecule has 0 radical (unpaired) electrons. The molecule has 24 heavy (non-hydrogen) atoms. The monoisotopic (exact) mass is 347 g/mol. The number of amides is 2. The second-order valence-electron chi connectivity index (χ2n) is 5.86. The van der Waals surface area contributed by atoms with Gasteiger partial charge in [0.1, 0.15) is 11.5 Å². The van der Waals surface area contributed by atoms with Crippen LogP contribution in [0.4, 0.5) is 4.39 Å². The van der Waals surface area contributed by atoms with Gasteiger partial charge in [0.15, 0.2) is 0 Å². The number of aromatic nitrogens is 1. The molecule has 1 aliphatic heterocycles. The van der Waals surface area contributed by atoms with Crippen LogP contribution in [-0.2, 0) is 11.2 Å². The molecule has 0 spiro atoms. The van der Waals surface area contributed by atoms with Gasteiger partial charge >= 0.3 is 0 Å². The number of piperidine rings is 1. The maximum Gasteiger partial charge on any atom is 0.273 e. The SMILES string of the molecule is NC(=O)C1CCN(C(=O)c2csc(Cc3ccccc3F)n2)CC1. The fourth-order valence-corrected chi connectivity index (χ4v) is 3.62. The highest BCUT2D eigenvalue weighted by molar-refractivity contribution is 7.09. The van der Waals surface area contributed by atoms with Gasteiger partial charge in [0.05, 0.1) is 5.01 Å². The second-order valence-corrected chi connectivity index (χ2v) is 6.81. The molecule has 1 aromatic carbocycles. The summed E-state index contributed by atoms with van der Waals surface area (Å²) in [4.78, 5) is 29.7. The van der Waals surface area contributed by atoms with Crippen LogP contribution in [0.5, 0.6) is 0 Å². The molecule has 2 aromatic rings. The van der Waals surface area contributed by atoms with Gasteiger partial charge in [-0.05, 0) is 24.5 Å². The van der Waals surface area contributed by atoms with Gasteiger partial charge < -0.3 is 10.6 Å². The number of carbonyl (C=O) groups is 2. The first-order valence-corrected chi connectivity index (χ1v) is 8.69. The number of halogens is 1. The minimum absolute atomic E-state index is 0.144. The van der Waals surface area contributed by atoms with Gasteiger partial charge in [-0.3, -0.25) is 9.59 Å². The van der Waals surface area contributed by atoms with Crippen LogP contribution in [0, 0.1) is 11.7 Å². The van der Waals surface area contributed by atoms with Crippen molar-refractivity contribution in [2.24, 2.45) is 11.7 Å². The van der Waals surface area contributed by atoms with Crippen molar-refractivity contribution >= 4 is 23.2 Å². The average molecular weight is 347 g/mol. The average Bonchev–Trinajstić information content (AvgIpc) is 3.05. The van der Waals surface area contributed by atoms with E-state index in [2.05, 4.69) is 4.98 Å². The Morgan fingerprint density at radius 2 is 2.00 bits per heavy atom. The molecule has 2 N–H and O–H groups in total. The first kappa shape index (κ1) is 16.6. The maximum absolute atomic E-state index is 13.7. The van der Waals surface area contributed by atoms with E-state index in [0.717, 1.165) is 0 Å². The standard InChI is InChI=1S/C17H18FN3O2S/c18-13-4-2-1-3-12(13)9-15-20-14(10-24-15)17(23)21-7-5-11(6-8-21)16(19)22/h1-4,10-11H,5-9H2,(H2,19,22). The van der Waals surface area contributed by atoms with Gasteiger partial charge in [-0.15, -0.1) is 11.3 Å². The van der Waals surface area contributed by atoms with E-state index in [1.165, 1.54) is 17.4 Å². The topological polar surface area (TPSA) is 76.3 Å². The number of likely N-dealkylation sites (tertiary alicyclic amines) is 1. The normalized spacial score (nSPS) is 15.5. The van der Waals surface area contributed by atoms with Crippen LogP contribution in [0.25, 0.3) is 0 Å². The van der Waals surface area contributed by atoms with Gasteiger partial charge in [0.25, 0.3) is 5.91 Å². The number of benzene rings is 1.